The van der Waals surface area contributed by atoms with E-state index >= 15 is 0 Å². The molecule has 3 rings (SSSR count). The number of aldehydes is 1. The molecule has 134 valence electrons. The summed E-state index contributed by atoms with van der Waals surface area (Å²) in [6.07, 6.45) is 7.54. The van der Waals surface area contributed by atoms with Crippen molar-refractivity contribution in [2.45, 2.75) is 25.7 Å². The number of hydrogen-bond donors (Lipinski definition) is 0. The topological polar surface area (TPSA) is 39.4 Å². The van der Waals surface area contributed by atoms with Crippen molar-refractivity contribution in [1.82, 2.24) is 0 Å². The summed E-state index contributed by atoms with van der Waals surface area (Å²) >= 11 is 0. The number of carbonyl (C=O) groups excluding carboxylic acids is 1. The van der Waals surface area contributed by atoms with Gasteiger partial charge in [-0.15, -0.1) is 0 Å². The predicted octanol–water partition coefficient (Wildman–Crippen LogP) is 5.69. The van der Waals surface area contributed by atoms with E-state index in [0.29, 0.717) is 12.2 Å². The Bertz CT molecular complexity index is 840. The Labute approximate surface area is 152 Å². The zero-order valence-electron chi connectivity index (χ0n) is 14.5. The Morgan fingerprint density at radius 1 is 1.04 bits per heavy atom. The van der Waals surface area contributed by atoms with Gasteiger partial charge in [-0.05, 0) is 61.6 Å². The van der Waals surface area contributed by atoms with Crippen LogP contribution in [0, 0.1) is 5.82 Å². The molecule has 0 fully saturated rings. The monoisotopic (exact) mass is 352 g/mol. The Morgan fingerprint density at radius 2 is 1.92 bits per heavy atom. The molecule has 0 bridgehead atoms. The standard InChI is InChI=1S/C22H21FO3/c23-21-8-4-3-7-18(21)6-2-1-5-12-26-22-10-9-17(15-24)14-20(22)19-11-13-25-16-19/h3-4,7-11,13-16H,1-2,5-6,12H2. The lowest BCUT2D eigenvalue weighted by Gasteiger charge is -2.11. The van der Waals surface area contributed by atoms with Crippen LogP contribution >= 0.6 is 0 Å². The van der Waals surface area contributed by atoms with Crippen LogP contribution in [0.1, 0.15) is 35.2 Å². The molecule has 0 unspecified atom stereocenters. The maximum Gasteiger partial charge on any atom is 0.150 e. The van der Waals surface area contributed by atoms with Crippen LogP contribution < -0.4 is 4.74 Å². The molecule has 1 aromatic heterocycles. The second-order valence-electron chi connectivity index (χ2n) is 6.14. The van der Waals surface area contributed by atoms with E-state index in [9.17, 15) is 9.18 Å². The average Bonchev–Trinajstić information content (AvgIpc) is 3.20. The van der Waals surface area contributed by atoms with Crippen LogP contribution in [0.5, 0.6) is 5.75 Å². The highest BCUT2D eigenvalue weighted by Crippen LogP contribution is 2.31. The van der Waals surface area contributed by atoms with Gasteiger partial charge in [-0.3, -0.25) is 4.79 Å². The van der Waals surface area contributed by atoms with Crippen LogP contribution in [0.2, 0.25) is 0 Å². The smallest absolute Gasteiger partial charge is 0.150 e. The Hall–Kier alpha value is -2.88. The normalized spacial score (nSPS) is 10.7. The number of aryl methyl sites for hydroxylation is 1. The summed E-state index contributed by atoms with van der Waals surface area (Å²) in [7, 11) is 0. The summed E-state index contributed by atoms with van der Waals surface area (Å²) in [5, 5.41) is 0. The lowest BCUT2D eigenvalue weighted by Crippen LogP contribution is -2.00. The molecule has 3 aromatic rings. The van der Waals surface area contributed by atoms with Crippen molar-refractivity contribution >= 4 is 6.29 Å². The van der Waals surface area contributed by atoms with Crippen molar-refractivity contribution in [3.63, 3.8) is 0 Å². The van der Waals surface area contributed by atoms with Gasteiger partial charge in [0.2, 0.25) is 0 Å². The average molecular weight is 352 g/mol. The quantitative estimate of drug-likeness (QED) is 0.367. The Balaban J connectivity index is 1.50. The summed E-state index contributed by atoms with van der Waals surface area (Å²) in [4.78, 5) is 11.0. The largest absolute Gasteiger partial charge is 0.493 e. The molecule has 0 amide bonds. The Kier molecular flexibility index (Phi) is 6.20. The first-order valence-electron chi connectivity index (χ1n) is 8.76. The van der Waals surface area contributed by atoms with Crippen molar-refractivity contribution in [2.24, 2.45) is 0 Å². The second kappa shape index (κ2) is 8.99. The first-order chi connectivity index (χ1) is 12.8. The van der Waals surface area contributed by atoms with Crippen LogP contribution in [-0.2, 0) is 6.42 Å². The molecule has 0 radical (unpaired) electrons. The summed E-state index contributed by atoms with van der Waals surface area (Å²) in [5.41, 5.74) is 3.08. The third-order valence-corrected chi connectivity index (χ3v) is 4.28. The molecule has 2 aromatic carbocycles. The zero-order chi connectivity index (χ0) is 18.2. The molecule has 0 saturated heterocycles. The van der Waals surface area contributed by atoms with Crippen LogP contribution in [0.3, 0.4) is 0 Å². The molecule has 26 heavy (non-hydrogen) atoms. The van der Waals surface area contributed by atoms with Crippen molar-refractivity contribution in [2.75, 3.05) is 6.61 Å². The minimum Gasteiger partial charge on any atom is -0.493 e. The lowest BCUT2D eigenvalue weighted by atomic mass is 10.0. The van der Waals surface area contributed by atoms with E-state index in [1.807, 2.05) is 24.3 Å². The van der Waals surface area contributed by atoms with Gasteiger partial charge in [0, 0.05) is 16.7 Å². The van der Waals surface area contributed by atoms with Gasteiger partial charge in [-0.2, -0.15) is 0 Å². The van der Waals surface area contributed by atoms with Crippen molar-refractivity contribution in [3.05, 3.63) is 78.0 Å². The molecule has 0 aliphatic heterocycles. The van der Waals surface area contributed by atoms with Gasteiger partial charge in [0.15, 0.2) is 0 Å². The van der Waals surface area contributed by atoms with Crippen LogP contribution in [0.15, 0.2) is 65.5 Å². The maximum absolute atomic E-state index is 13.6. The zero-order valence-corrected chi connectivity index (χ0v) is 14.5. The highest BCUT2D eigenvalue weighted by Gasteiger charge is 2.09. The minimum atomic E-state index is -0.135. The number of rotatable bonds is 9. The number of hydrogen-bond acceptors (Lipinski definition) is 3. The highest BCUT2D eigenvalue weighted by molar-refractivity contribution is 5.81. The number of furan rings is 1. The molecule has 4 heteroatoms. The predicted molar refractivity (Wildman–Crippen MR) is 99.0 cm³/mol. The fraction of sp³-hybridized carbons (Fsp3) is 0.227. The van der Waals surface area contributed by atoms with Gasteiger partial charge in [0.05, 0.1) is 19.1 Å². The molecule has 0 saturated carbocycles. The minimum absolute atomic E-state index is 0.135. The lowest BCUT2D eigenvalue weighted by molar-refractivity contribution is 0.112. The summed E-state index contributed by atoms with van der Waals surface area (Å²) in [5.74, 6) is 0.592. The van der Waals surface area contributed by atoms with Crippen molar-refractivity contribution in [1.29, 1.82) is 0 Å². The highest BCUT2D eigenvalue weighted by atomic mass is 19.1. The summed E-state index contributed by atoms with van der Waals surface area (Å²) in [6.45, 7) is 0.572. The van der Waals surface area contributed by atoms with Crippen LogP contribution in [-0.4, -0.2) is 12.9 Å². The van der Waals surface area contributed by atoms with Crippen molar-refractivity contribution < 1.29 is 18.3 Å². The molecule has 0 spiro atoms. The fourth-order valence-electron chi connectivity index (χ4n) is 2.87. The van der Waals surface area contributed by atoms with Gasteiger partial charge in [-0.1, -0.05) is 18.2 Å². The Morgan fingerprint density at radius 3 is 2.69 bits per heavy atom. The first kappa shape index (κ1) is 17.9. The van der Waals surface area contributed by atoms with E-state index in [-0.39, 0.29) is 5.82 Å². The number of ether oxygens (including phenoxy) is 1. The summed E-state index contributed by atoms with van der Waals surface area (Å²) < 4.78 is 24.6. The summed E-state index contributed by atoms with van der Waals surface area (Å²) in [6, 6.07) is 14.1. The van der Waals surface area contributed by atoms with E-state index < -0.39 is 0 Å². The maximum atomic E-state index is 13.6. The molecule has 0 aliphatic carbocycles. The number of carbonyl (C=O) groups is 1. The number of benzene rings is 2. The molecule has 1 heterocycles. The van der Waals surface area contributed by atoms with Gasteiger partial charge >= 0.3 is 0 Å². The van der Waals surface area contributed by atoms with Crippen molar-refractivity contribution in [3.8, 4) is 16.9 Å². The molecule has 0 N–H and O–H groups in total. The van der Waals surface area contributed by atoms with E-state index in [4.69, 9.17) is 9.15 Å². The van der Waals surface area contributed by atoms with Crippen LogP contribution in [0.4, 0.5) is 4.39 Å². The third-order valence-electron chi connectivity index (χ3n) is 4.28. The molecule has 0 aliphatic rings. The SMILES string of the molecule is O=Cc1ccc(OCCCCCc2ccccc2F)c(-c2ccoc2)c1. The van der Waals surface area contributed by atoms with E-state index in [0.717, 1.165) is 54.4 Å². The number of unbranched alkanes of at least 4 members (excludes halogenated alkanes) is 2. The van der Waals surface area contributed by atoms with E-state index in [1.165, 1.54) is 6.07 Å². The van der Waals surface area contributed by atoms with E-state index in [2.05, 4.69) is 0 Å². The molecule has 0 atom stereocenters. The van der Waals surface area contributed by atoms with Crippen LogP contribution in [0.25, 0.3) is 11.1 Å². The van der Waals surface area contributed by atoms with Gasteiger partial charge in [-0.25, -0.2) is 4.39 Å². The number of halogens is 1. The molecular formula is C22H21FO3. The second-order valence-corrected chi connectivity index (χ2v) is 6.14. The first-order valence-corrected chi connectivity index (χ1v) is 8.76. The molecular weight excluding hydrogens is 331 g/mol. The van der Waals surface area contributed by atoms with E-state index in [1.54, 1.807) is 30.7 Å². The third kappa shape index (κ3) is 4.60. The molecule has 3 nitrogen and oxygen atoms in total. The van der Waals surface area contributed by atoms with Gasteiger partial charge in [0.25, 0.3) is 0 Å². The van der Waals surface area contributed by atoms with Gasteiger partial charge < -0.3 is 9.15 Å². The fourth-order valence-corrected chi connectivity index (χ4v) is 2.87. The van der Waals surface area contributed by atoms with Gasteiger partial charge in [0.1, 0.15) is 17.9 Å².